The summed E-state index contributed by atoms with van der Waals surface area (Å²) < 4.78 is 0. The second-order valence-electron chi connectivity index (χ2n) is 3.62. The number of carbonyl (C=O) groups excluding carboxylic acids is 2. The largest absolute Gasteiger partial charge is 0.545 e. The summed E-state index contributed by atoms with van der Waals surface area (Å²) in [5.41, 5.74) is 0.0612. The van der Waals surface area contributed by atoms with E-state index >= 15 is 0 Å². The van der Waals surface area contributed by atoms with Crippen LogP contribution < -0.4 is 10.4 Å². The van der Waals surface area contributed by atoms with Gasteiger partial charge in [0.1, 0.15) is 0 Å². The maximum absolute atomic E-state index is 11.7. The summed E-state index contributed by atoms with van der Waals surface area (Å²) >= 11 is 0. The van der Waals surface area contributed by atoms with Gasteiger partial charge >= 0.3 is 0 Å². The molecule has 0 aliphatic carbocycles. The van der Waals surface area contributed by atoms with Gasteiger partial charge in [0.2, 0.25) is 0 Å². The minimum absolute atomic E-state index is 0.0160. The molecule has 4 heteroatoms. The summed E-state index contributed by atoms with van der Waals surface area (Å²) in [5, 5.41) is 13.5. The molecular formula is C12H14NO3-. The molecule has 1 aromatic rings. The molecule has 0 heterocycles. The molecule has 1 amide bonds. The molecule has 0 radical (unpaired) electrons. The van der Waals surface area contributed by atoms with Gasteiger partial charge in [0.25, 0.3) is 5.91 Å². The Morgan fingerprint density at radius 2 is 1.88 bits per heavy atom. The number of carbonyl (C=O) groups is 2. The average molecular weight is 220 g/mol. The summed E-state index contributed by atoms with van der Waals surface area (Å²) in [7, 11) is 0. The van der Waals surface area contributed by atoms with Gasteiger partial charge in [-0.15, -0.1) is 0 Å². The van der Waals surface area contributed by atoms with E-state index in [1.165, 1.54) is 12.1 Å². The monoisotopic (exact) mass is 220 g/mol. The number of carboxylic acid groups (broad SMARTS) is 1. The Labute approximate surface area is 94.3 Å². The zero-order valence-electron chi connectivity index (χ0n) is 9.32. The van der Waals surface area contributed by atoms with E-state index in [0.717, 1.165) is 6.42 Å². The number of aromatic carboxylic acids is 1. The zero-order valence-corrected chi connectivity index (χ0v) is 9.32. The van der Waals surface area contributed by atoms with Crippen molar-refractivity contribution in [2.45, 2.75) is 26.3 Å². The first-order valence-electron chi connectivity index (χ1n) is 5.17. The number of rotatable bonds is 4. The number of hydrogen-bond donors (Lipinski definition) is 1. The van der Waals surface area contributed by atoms with Gasteiger partial charge in [0.15, 0.2) is 0 Å². The van der Waals surface area contributed by atoms with Gasteiger partial charge in [-0.1, -0.05) is 25.1 Å². The van der Waals surface area contributed by atoms with E-state index in [4.69, 9.17) is 0 Å². The van der Waals surface area contributed by atoms with Crippen LogP contribution in [-0.4, -0.2) is 17.9 Å². The quantitative estimate of drug-likeness (QED) is 0.806. The van der Waals surface area contributed by atoms with Gasteiger partial charge in [0.05, 0.1) is 5.97 Å². The molecule has 1 N–H and O–H groups in total. The lowest BCUT2D eigenvalue weighted by Gasteiger charge is -2.14. The summed E-state index contributed by atoms with van der Waals surface area (Å²) in [6.07, 6.45) is 0.791. The van der Waals surface area contributed by atoms with Crippen molar-refractivity contribution in [3.8, 4) is 0 Å². The Balaban J connectivity index is 2.95. The van der Waals surface area contributed by atoms with Crippen LogP contribution in [0.1, 0.15) is 41.0 Å². The third kappa shape index (κ3) is 2.82. The van der Waals surface area contributed by atoms with Crippen molar-refractivity contribution in [3.05, 3.63) is 35.4 Å². The second kappa shape index (κ2) is 5.30. The maximum Gasteiger partial charge on any atom is 0.252 e. The highest BCUT2D eigenvalue weighted by Crippen LogP contribution is 2.08. The lowest BCUT2D eigenvalue weighted by Crippen LogP contribution is -2.34. The highest BCUT2D eigenvalue weighted by Gasteiger charge is 2.12. The van der Waals surface area contributed by atoms with Crippen LogP contribution in [0, 0.1) is 0 Å². The predicted octanol–water partition coefficient (Wildman–Crippen LogP) is 0.578. The van der Waals surface area contributed by atoms with Gasteiger partial charge in [-0.05, 0) is 19.4 Å². The number of amides is 1. The third-order valence-electron chi connectivity index (χ3n) is 2.38. The van der Waals surface area contributed by atoms with Crippen LogP contribution in [0.25, 0.3) is 0 Å². The van der Waals surface area contributed by atoms with Crippen LogP contribution in [0.15, 0.2) is 24.3 Å². The van der Waals surface area contributed by atoms with Gasteiger partial charge in [-0.25, -0.2) is 0 Å². The highest BCUT2D eigenvalue weighted by atomic mass is 16.4. The molecule has 4 nitrogen and oxygen atoms in total. The van der Waals surface area contributed by atoms with Crippen molar-refractivity contribution in [3.63, 3.8) is 0 Å². The maximum atomic E-state index is 11.7. The Kier molecular flexibility index (Phi) is 4.05. The minimum atomic E-state index is -1.34. The first kappa shape index (κ1) is 12.2. The molecule has 0 spiro atoms. The summed E-state index contributed by atoms with van der Waals surface area (Å²) in [6, 6.07) is 6.04. The molecule has 1 aromatic carbocycles. The summed E-state index contributed by atoms with van der Waals surface area (Å²) in [5.74, 6) is -1.72. The number of hydrogen-bond acceptors (Lipinski definition) is 3. The third-order valence-corrected chi connectivity index (χ3v) is 2.38. The van der Waals surface area contributed by atoms with Gasteiger partial charge in [-0.3, -0.25) is 4.79 Å². The van der Waals surface area contributed by atoms with Crippen molar-refractivity contribution in [2.24, 2.45) is 0 Å². The molecule has 16 heavy (non-hydrogen) atoms. The van der Waals surface area contributed by atoms with E-state index in [0.29, 0.717) is 0 Å². The first-order chi connectivity index (χ1) is 7.56. The van der Waals surface area contributed by atoms with E-state index in [1.807, 2.05) is 13.8 Å². The smallest absolute Gasteiger partial charge is 0.252 e. The molecule has 1 atom stereocenters. The fourth-order valence-corrected chi connectivity index (χ4v) is 1.26. The number of carboxylic acids is 1. The van der Waals surface area contributed by atoms with Crippen LogP contribution in [0.3, 0.4) is 0 Å². The molecule has 0 fully saturated rings. The topological polar surface area (TPSA) is 69.2 Å². The van der Waals surface area contributed by atoms with Gasteiger partial charge in [0, 0.05) is 17.2 Å². The lowest BCUT2D eigenvalue weighted by molar-refractivity contribution is -0.255. The molecule has 86 valence electrons. The van der Waals surface area contributed by atoms with Crippen LogP contribution in [0.5, 0.6) is 0 Å². The van der Waals surface area contributed by atoms with E-state index in [2.05, 4.69) is 5.32 Å². The molecule has 1 unspecified atom stereocenters. The van der Waals surface area contributed by atoms with Crippen LogP contribution in [-0.2, 0) is 0 Å². The van der Waals surface area contributed by atoms with E-state index < -0.39 is 5.97 Å². The van der Waals surface area contributed by atoms with Crippen molar-refractivity contribution in [1.82, 2.24) is 5.32 Å². The second-order valence-corrected chi connectivity index (χ2v) is 3.62. The molecule has 0 aliphatic rings. The fourth-order valence-electron chi connectivity index (χ4n) is 1.26. The standard InChI is InChI=1S/C12H15NO3/c1-3-8(2)13-11(14)9-6-4-5-7-10(9)12(15)16/h4-8H,3H2,1-2H3,(H,13,14)(H,15,16)/p-1. The molecule has 0 aromatic heterocycles. The number of benzene rings is 1. The summed E-state index contributed by atoms with van der Waals surface area (Å²) in [4.78, 5) is 22.5. The van der Waals surface area contributed by atoms with Crippen molar-refractivity contribution < 1.29 is 14.7 Å². The predicted molar refractivity (Wildman–Crippen MR) is 58.0 cm³/mol. The molecule has 0 bridgehead atoms. The molecule has 0 saturated heterocycles. The average Bonchev–Trinajstić information content (AvgIpc) is 2.28. The summed E-state index contributed by atoms with van der Waals surface area (Å²) in [6.45, 7) is 3.80. The normalized spacial score (nSPS) is 11.9. The number of nitrogens with one attached hydrogen (secondary N) is 1. The first-order valence-corrected chi connectivity index (χ1v) is 5.17. The Morgan fingerprint density at radius 1 is 1.31 bits per heavy atom. The minimum Gasteiger partial charge on any atom is -0.545 e. The fraction of sp³-hybridized carbons (Fsp3) is 0.333. The van der Waals surface area contributed by atoms with E-state index in [9.17, 15) is 14.7 Å². The van der Waals surface area contributed by atoms with E-state index in [1.54, 1.807) is 12.1 Å². The van der Waals surface area contributed by atoms with Crippen LogP contribution >= 0.6 is 0 Å². The lowest BCUT2D eigenvalue weighted by atomic mass is 10.1. The Bertz CT molecular complexity index is 401. The molecule has 1 rings (SSSR count). The molecule has 0 aliphatic heterocycles. The van der Waals surface area contributed by atoms with Gasteiger partial charge < -0.3 is 15.2 Å². The Morgan fingerprint density at radius 3 is 2.38 bits per heavy atom. The van der Waals surface area contributed by atoms with Crippen molar-refractivity contribution >= 4 is 11.9 Å². The van der Waals surface area contributed by atoms with Crippen LogP contribution in [0.4, 0.5) is 0 Å². The molecular weight excluding hydrogens is 206 g/mol. The molecule has 0 saturated carbocycles. The Hall–Kier alpha value is -1.84. The highest BCUT2D eigenvalue weighted by molar-refractivity contribution is 6.04. The van der Waals surface area contributed by atoms with Crippen LogP contribution in [0.2, 0.25) is 0 Å². The SMILES string of the molecule is CCC(C)NC(=O)c1ccccc1C(=O)[O-]. The van der Waals surface area contributed by atoms with E-state index in [-0.39, 0.29) is 23.1 Å². The van der Waals surface area contributed by atoms with Crippen molar-refractivity contribution in [1.29, 1.82) is 0 Å². The van der Waals surface area contributed by atoms with Crippen molar-refractivity contribution in [2.75, 3.05) is 0 Å². The zero-order chi connectivity index (χ0) is 12.1. The van der Waals surface area contributed by atoms with Gasteiger partial charge in [-0.2, -0.15) is 0 Å².